The first-order valence-electron chi connectivity index (χ1n) is 6.94. The monoisotopic (exact) mass is 310 g/mol. The quantitative estimate of drug-likeness (QED) is 0.784. The number of rotatable bonds is 7. The molecule has 0 fully saturated rings. The van der Waals surface area contributed by atoms with Gasteiger partial charge in [0.1, 0.15) is 5.69 Å². The fourth-order valence-electron chi connectivity index (χ4n) is 1.88. The highest BCUT2D eigenvalue weighted by atomic mass is 32.2. The number of amides is 1. The van der Waals surface area contributed by atoms with Crippen LogP contribution in [0.4, 0.5) is 0 Å². The van der Waals surface area contributed by atoms with Gasteiger partial charge in [0.2, 0.25) is 0 Å². The molecule has 1 rings (SSSR count). The van der Waals surface area contributed by atoms with Gasteiger partial charge in [-0.25, -0.2) is 9.78 Å². The van der Waals surface area contributed by atoms with Crippen molar-refractivity contribution in [2.24, 2.45) is 0 Å². The van der Waals surface area contributed by atoms with Crippen molar-refractivity contribution in [1.82, 2.24) is 9.88 Å². The Labute approximate surface area is 129 Å². The van der Waals surface area contributed by atoms with Gasteiger partial charge >= 0.3 is 5.97 Å². The number of pyridine rings is 1. The average Bonchev–Trinajstić information content (AvgIpc) is 2.45. The van der Waals surface area contributed by atoms with E-state index >= 15 is 0 Å². The number of thioether (sulfide) groups is 1. The SMILES string of the molecule is CCSCCC(C)N(C)C(=O)c1ccc(C(=O)O)c(C)n1. The topological polar surface area (TPSA) is 70.5 Å². The van der Waals surface area contributed by atoms with Crippen molar-refractivity contribution in [2.75, 3.05) is 18.6 Å². The summed E-state index contributed by atoms with van der Waals surface area (Å²) in [6.07, 6.45) is 0.924. The molecule has 0 aliphatic heterocycles. The summed E-state index contributed by atoms with van der Waals surface area (Å²) >= 11 is 1.85. The third-order valence-electron chi connectivity index (χ3n) is 3.40. The summed E-state index contributed by atoms with van der Waals surface area (Å²) in [5.74, 6) is 0.878. The molecule has 21 heavy (non-hydrogen) atoms. The van der Waals surface area contributed by atoms with Gasteiger partial charge in [-0.05, 0) is 43.9 Å². The Balaban J connectivity index is 2.78. The molecule has 6 heteroatoms. The minimum absolute atomic E-state index is 0.123. The lowest BCUT2D eigenvalue weighted by atomic mass is 10.1. The van der Waals surface area contributed by atoms with Gasteiger partial charge < -0.3 is 10.0 Å². The molecule has 0 aromatic carbocycles. The van der Waals surface area contributed by atoms with E-state index in [0.717, 1.165) is 17.9 Å². The predicted octanol–water partition coefficient (Wildman–Crippen LogP) is 2.69. The zero-order valence-electron chi connectivity index (χ0n) is 12.9. The largest absolute Gasteiger partial charge is 0.478 e. The number of carboxylic acid groups (broad SMARTS) is 1. The zero-order valence-corrected chi connectivity index (χ0v) is 13.7. The van der Waals surface area contributed by atoms with E-state index in [2.05, 4.69) is 11.9 Å². The van der Waals surface area contributed by atoms with Crippen LogP contribution in [0.15, 0.2) is 12.1 Å². The maximum absolute atomic E-state index is 12.4. The summed E-state index contributed by atoms with van der Waals surface area (Å²) in [7, 11) is 1.76. The van der Waals surface area contributed by atoms with Gasteiger partial charge in [0, 0.05) is 13.1 Å². The molecule has 0 radical (unpaired) electrons. The lowest BCUT2D eigenvalue weighted by Gasteiger charge is -2.24. The second-order valence-corrected chi connectivity index (χ2v) is 6.28. The van der Waals surface area contributed by atoms with Crippen LogP contribution in [0.25, 0.3) is 0 Å². The highest BCUT2D eigenvalue weighted by Crippen LogP contribution is 2.13. The maximum Gasteiger partial charge on any atom is 0.337 e. The Morgan fingerprint density at radius 1 is 1.43 bits per heavy atom. The van der Waals surface area contributed by atoms with Gasteiger partial charge in [0.15, 0.2) is 0 Å². The Morgan fingerprint density at radius 2 is 2.10 bits per heavy atom. The fourth-order valence-corrected chi connectivity index (χ4v) is 2.68. The van der Waals surface area contributed by atoms with Crippen LogP contribution >= 0.6 is 11.8 Å². The smallest absolute Gasteiger partial charge is 0.337 e. The van der Waals surface area contributed by atoms with Crippen molar-refractivity contribution in [2.45, 2.75) is 33.2 Å². The molecule has 116 valence electrons. The van der Waals surface area contributed by atoms with Gasteiger partial charge in [-0.1, -0.05) is 6.92 Å². The first kappa shape index (κ1) is 17.5. The first-order valence-corrected chi connectivity index (χ1v) is 8.09. The molecule has 0 bridgehead atoms. The van der Waals surface area contributed by atoms with Crippen molar-refractivity contribution < 1.29 is 14.7 Å². The number of aryl methyl sites for hydroxylation is 1. The van der Waals surface area contributed by atoms with E-state index < -0.39 is 5.97 Å². The highest BCUT2D eigenvalue weighted by Gasteiger charge is 2.20. The Hall–Kier alpha value is -1.56. The molecule has 1 aromatic rings. The Bertz CT molecular complexity index is 520. The van der Waals surface area contributed by atoms with Gasteiger partial charge in [-0.3, -0.25) is 4.79 Å². The van der Waals surface area contributed by atoms with E-state index in [4.69, 9.17) is 5.11 Å². The van der Waals surface area contributed by atoms with Crippen LogP contribution in [0, 0.1) is 6.92 Å². The molecule has 1 aromatic heterocycles. The average molecular weight is 310 g/mol. The molecule has 1 unspecified atom stereocenters. The minimum atomic E-state index is -1.03. The van der Waals surface area contributed by atoms with Gasteiger partial charge in [-0.15, -0.1) is 0 Å². The molecule has 0 saturated carbocycles. The predicted molar refractivity (Wildman–Crippen MR) is 85.1 cm³/mol. The Morgan fingerprint density at radius 3 is 2.62 bits per heavy atom. The van der Waals surface area contributed by atoms with E-state index in [0.29, 0.717) is 5.69 Å². The number of aromatic nitrogens is 1. The highest BCUT2D eigenvalue weighted by molar-refractivity contribution is 7.99. The van der Waals surface area contributed by atoms with Crippen LogP contribution in [-0.2, 0) is 0 Å². The third-order valence-corrected chi connectivity index (χ3v) is 4.33. The standard InChI is InChI=1S/C15H22N2O3S/c1-5-21-9-8-10(2)17(4)14(18)13-7-6-12(15(19)20)11(3)16-13/h6-7,10H,5,8-9H2,1-4H3,(H,19,20). The van der Waals surface area contributed by atoms with Crippen LogP contribution in [-0.4, -0.2) is 51.5 Å². The lowest BCUT2D eigenvalue weighted by Crippen LogP contribution is -2.36. The summed E-state index contributed by atoms with van der Waals surface area (Å²) in [5, 5.41) is 8.98. The normalized spacial score (nSPS) is 12.0. The van der Waals surface area contributed by atoms with Gasteiger partial charge in [-0.2, -0.15) is 11.8 Å². The first-order chi connectivity index (χ1) is 9.88. The molecule has 5 nitrogen and oxygen atoms in total. The molecule has 0 saturated heterocycles. The summed E-state index contributed by atoms with van der Waals surface area (Å²) in [6, 6.07) is 3.03. The molecule has 1 amide bonds. The molecule has 0 aliphatic rings. The van der Waals surface area contributed by atoms with Crippen LogP contribution in [0.3, 0.4) is 0 Å². The second kappa shape index (κ2) is 8.02. The van der Waals surface area contributed by atoms with Crippen molar-refractivity contribution in [1.29, 1.82) is 0 Å². The summed E-state index contributed by atoms with van der Waals surface area (Å²) < 4.78 is 0. The fraction of sp³-hybridized carbons (Fsp3) is 0.533. The number of aromatic carboxylic acids is 1. The molecular weight excluding hydrogens is 288 g/mol. The number of nitrogens with zero attached hydrogens (tertiary/aromatic N) is 2. The van der Waals surface area contributed by atoms with Crippen LogP contribution < -0.4 is 0 Å². The number of carbonyl (C=O) groups is 2. The molecule has 1 N–H and O–H groups in total. The summed E-state index contributed by atoms with van der Waals surface area (Å²) in [6.45, 7) is 5.72. The molecule has 1 heterocycles. The number of hydrogen-bond acceptors (Lipinski definition) is 4. The van der Waals surface area contributed by atoms with E-state index in [-0.39, 0.29) is 23.2 Å². The zero-order chi connectivity index (χ0) is 16.0. The van der Waals surface area contributed by atoms with Crippen LogP contribution in [0.5, 0.6) is 0 Å². The van der Waals surface area contributed by atoms with Crippen LogP contribution in [0.2, 0.25) is 0 Å². The number of carboxylic acids is 1. The van der Waals surface area contributed by atoms with Crippen molar-refractivity contribution in [3.63, 3.8) is 0 Å². The third kappa shape index (κ3) is 4.74. The van der Waals surface area contributed by atoms with E-state index in [1.807, 2.05) is 18.7 Å². The van der Waals surface area contributed by atoms with Crippen molar-refractivity contribution in [3.8, 4) is 0 Å². The number of carbonyl (C=O) groups excluding carboxylic acids is 1. The van der Waals surface area contributed by atoms with E-state index in [1.165, 1.54) is 12.1 Å². The molecule has 0 aliphatic carbocycles. The van der Waals surface area contributed by atoms with E-state index in [9.17, 15) is 9.59 Å². The van der Waals surface area contributed by atoms with Crippen LogP contribution in [0.1, 0.15) is 46.8 Å². The van der Waals surface area contributed by atoms with Crippen molar-refractivity contribution >= 4 is 23.6 Å². The van der Waals surface area contributed by atoms with Gasteiger partial charge in [0.25, 0.3) is 5.91 Å². The molecule has 1 atom stereocenters. The lowest BCUT2D eigenvalue weighted by molar-refractivity contribution is 0.0690. The number of hydrogen-bond donors (Lipinski definition) is 1. The molecule has 0 spiro atoms. The Kier molecular flexibility index (Phi) is 6.68. The maximum atomic E-state index is 12.4. The van der Waals surface area contributed by atoms with Gasteiger partial charge in [0.05, 0.1) is 11.3 Å². The van der Waals surface area contributed by atoms with E-state index in [1.54, 1.807) is 18.9 Å². The molecular formula is C15H22N2O3S. The second-order valence-electron chi connectivity index (χ2n) is 4.89. The summed E-state index contributed by atoms with van der Waals surface area (Å²) in [5.41, 5.74) is 0.771. The minimum Gasteiger partial charge on any atom is -0.478 e. The summed E-state index contributed by atoms with van der Waals surface area (Å²) in [4.78, 5) is 29.1. The van der Waals surface area contributed by atoms with Crippen molar-refractivity contribution in [3.05, 3.63) is 29.1 Å².